The number of hydrogen-bond acceptors (Lipinski definition) is 10. The first-order chi connectivity index (χ1) is 25.0. The van der Waals surface area contributed by atoms with Gasteiger partial charge in [0, 0.05) is 31.3 Å². The zero-order valence-electron chi connectivity index (χ0n) is 29.4. The van der Waals surface area contributed by atoms with Crippen molar-refractivity contribution in [1.29, 1.82) is 0 Å². The number of amides is 2. The van der Waals surface area contributed by atoms with Crippen LogP contribution in [0.5, 0.6) is 11.5 Å². The highest BCUT2D eigenvalue weighted by Gasteiger charge is 2.44. The molecule has 2 fully saturated rings. The van der Waals surface area contributed by atoms with E-state index in [4.69, 9.17) is 23.7 Å². The lowest BCUT2D eigenvalue weighted by molar-refractivity contribution is -0.0907. The SMILES string of the molecule is CC(C)(CCCNC(=O)c1ccccc1)CN(C[C@@H](O)[C@H](Cc1ccccc1)NC(=O)O[C@H]1CO[C@H]2OCC[C@H]21)S(=O)(=O)c1ccc2c(c1)OCO2. The van der Waals surface area contributed by atoms with Crippen molar-refractivity contribution in [2.75, 3.05) is 39.6 Å². The minimum Gasteiger partial charge on any atom is -0.454 e. The van der Waals surface area contributed by atoms with Gasteiger partial charge in [-0.3, -0.25) is 4.79 Å². The molecule has 0 spiro atoms. The number of hydrogen-bond donors (Lipinski definition) is 3. The van der Waals surface area contributed by atoms with Gasteiger partial charge in [-0.15, -0.1) is 0 Å². The Bertz CT molecular complexity index is 1780. The van der Waals surface area contributed by atoms with E-state index in [2.05, 4.69) is 10.6 Å². The molecule has 2 amide bonds. The summed E-state index contributed by atoms with van der Waals surface area (Å²) in [4.78, 5) is 25.8. The van der Waals surface area contributed by atoms with Crippen LogP contribution in [0.25, 0.3) is 0 Å². The van der Waals surface area contributed by atoms with Gasteiger partial charge in [-0.05, 0) is 60.9 Å². The highest BCUT2D eigenvalue weighted by atomic mass is 32.2. The number of carbonyl (C=O) groups is 2. The number of carbonyl (C=O) groups excluding carboxylic acids is 2. The van der Waals surface area contributed by atoms with Gasteiger partial charge in [0.15, 0.2) is 17.8 Å². The molecule has 52 heavy (non-hydrogen) atoms. The summed E-state index contributed by atoms with van der Waals surface area (Å²) in [7, 11) is -4.20. The molecule has 0 saturated carbocycles. The number of aliphatic hydroxyl groups is 1. The zero-order valence-corrected chi connectivity index (χ0v) is 30.3. The monoisotopic (exact) mass is 737 g/mol. The third kappa shape index (κ3) is 9.41. The van der Waals surface area contributed by atoms with Gasteiger partial charge in [-0.25, -0.2) is 13.2 Å². The van der Waals surface area contributed by atoms with Crippen molar-refractivity contribution in [3.63, 3.8) is 0 Å². The van der Waals surface area contributed by atoms with Crippen molar-refractivity contribution in [1.82, 2.24) is 14.9 Å². The Kier molecular flexibility index (Phi) is 12.0. The van der Waals surface area contributed by atoms with E-state index in [-0.39, 0.29) is 49.6 Å². The van der Waals surface area contributed by atoms with E-state index in [1.54, 1.807) is 30.3 Å². The minimum absolute atomic E-state index is 0.0144. The van der Waals surface area contributed by atoms with Crippen LogP contribution in [0.15, 0.2) is 83.8 Å². The van der Waals surface area contributed by atoms with Gasteiger partial charge in [-0.2, -0.15) is 4.31 Å². The molecule has 3 heterocycles. The average Bonchev–Trinajstić information content (AvgIpc) is 3.89. The second-order valence-corrected chi connectivity index (χ2v) is 16.1. The van der Waals surface area contributed by atoms with Crippen LogP contribution in [0, 0.1) is 11.3 Å². The standard InChI is InChI=1S/C38H47N3O10S/c1-38(2,17-9-18-39-35(43)27-12-7-4-8-13-27)24-41(52(45,46)28-14-15-32-33(21-28)50-25-49-32)22-31(42)30(20-26-10-5-3-6-11-26)40-37(44)51-34-23-48-36-29(34)16-19-47-36/h3-8,10-15,21,29-31,34,36,42H,9,16-20,22-25H2,1-2H3,(H,39,43)(H,40,44)/t29-,30-,31+,34-,36+/m0/s1. The average molecular weight is 738 g/mol. The van der Waals surface area contributed by atoms with Crippen molar-refractivity contribution < 1.29 is 46.8 Å². The normalized spacial score (nSPS) is 20.7. The highest BCUT2D eigenvalue weighted by molar-refractivity contribution is 7.89. The Labute approximate surface area is 304 Å². The molecule has 0 unspecified atom stereocenters. The molecule has 280 valence electrons. The van der Waals surface area contributed by atoms with Gasteiger partial charge in [0.25, 0.3) is 5.91 Å². The van der Waals surface area contributed by atoms with E-state index in [0.717, 1.165) is 5.56 Å². The van der Waals surface area contributed by atoms with E-state index in [0.29, 0.717) is 49.5 Å². The summed E-state index contributed by atoms with van der Waals surface area (Å²) in [6.07, 6.45) is -0.877. The second kappa shape index (κ2) is 16.6. The number of nitrogens with one attached hydrogen (secondary N) is 2. The molecule has 3 aliphatic heterocycles. The van der Waals surface area contributed by atoms with Gasteiger partial charge < -0.3 is 39.4 Å². The van der Waals surface area contributed by atoms with E-state index in [9.17, 15) is 23.1 Å². The predicted octanol–water partition coefficient (Wildman–Crippen LogP) is 4.10. The van der Waals surface area contributed by atoms with Crippen LogP contribution in [-0.4, -0.2) is 94.0 Å². The number of sulfonamides is 1. The summed E-state index contributed by atoms with van der Waals surface area (Å²) in [5, 5.41) is 17.6. The van der Waals surface area contributed by atoms with Crippen LogP contribution >= 0.6 is 0 Å². The lowest BCUT2D eigenvalue weighted by atomic mass is 9.87. The van der Waals surface area contributed by atoms with E-state index < -0.39 is 46.1 Å². The molecular weight excluding hydrogens is 690 g/mol. The smallest absolute Gasteiger partial charge is 0.407 e. The van der Waals surface area contributed by atoms with Crippen LogP contribution in [0.1, 0.15) is 49.0 Å². The number of ether oxygens (including phenoxy) is 5. The molecule has 0 radical (unpaired) electrons. The summed E-state index contributed by atoms with van der Waals surface area (Å²) < 4.78 is 57.8. The molecule has 6 rings (SSSR count). The molecule has 2 saturated heterocycles. The fourth-order valence-electron chi connectivity index (χ4n) is 6.81. The molecule has 5 atom stereocenters. The molecule has 3 N–H and O–H groups in total. The lowest BCUT2D eigenvalue weighted by Gasteiger charge is -2.35. The summed E-state index contributed by atoms with van der Waals surface area (Å²) in [6, 6.07) is 21.8. The van der Waals surface area contributed by atoms with Gasteiger partial charge in [0.05, 0.1) is 36.2 Å². The Morgan fingerprint density at radius 1 is 1.00 bits per heavy atom. The lowest BCUT2D eigenvalue weighted by Crippen LogP contribution is -2.52. The topological polar surface area (TPSA) is 162 Å². The molecular formula is C38H47N3O10S. The summed E-state index contributed by atoms with van der Waals surface area (Å²) in [6.45, 7) is 4.73. The summed E-state index contributed by atoms with van der Waals surface area (Å²) >= 11 is 0. The predicted molar refractivity (Wildman–Crippen MR) is 190 cm³/mol. The number of aliphatic hydroxyl groups excluding tert-OH is 1. The van der Waals surface area contributed by atoms with Crippen molar-refractivity contribution in [3.05, 3.63) is 90.0 Å². The van der Waals surface area contributed by atoms with Crippen molar-refractivity contribution in [2.24, 2.45) is 11.3 Å². The molecule has 13 nitrogen and oxygen atoms in total. The molecule has 0 aliphatic carbocycles. The largest absolute Gasteiger partial charge is 0.454 e. The molecule has 0 bridgehead atoms. The Morgan fingerprint density at radius 2 is 1.73 bits per heavy atom. The highest BCUT2D eigenvalue weighted by Crippen LogP contribution is 2.36. The number of benzene rings is 3. The number of nitrogens with zero attached hydrogens (tertiary/aromatic N) is 1. The Balaban J connectivity index is 1.18. The number of fused-ring (bicyclic) bond motifs is 2. The Hall–Kier alpha value is -4.21. The van der Waals surface area contributed by atoms with Gasteiger partial charge in [0.2, 0.25) is 16.8 Å². The first-order valence-electron chi connectivity index (χ1n) is 17.6. The maximum absolute atomic E-state index is 14.4. The summed E-state index contributed by atoms with van der Waals surface area (Å²) in [5.41, 5.74) is 0.820. The van der Waals surface area contributed by atoms with Gasteiger partial charge in [0.1, 0.15) is 6.10 Å². The van der Waals surface area contributed by atoms with E-state index in [1.807, 2.05) is 50.2 Å². The molecule has 3 aliphatic rings. The Morgan fingerprint density at radius 3 is 2.50 bits per heavy atom. The van der Waals surface area contributed by atoms with Crippen LogP contribution < -0.4 is 20.1 Å². The number of alkyl carbamates (subject to hydrolysis) is 1. The van der Waals surface area contributed by atoms with Crippen LogP contribution in [0.4, 0.5) is 4.79 Å². The van der Waals surface area contributed by atoms with Crippen molar-refractivity contribution in [2.45, 2.75) is 69.0 Å². The van der Waals surface area contributed by atoms with Gasteiger partial charge >= 0.3 is 6.09 Å². The van der Waals surface area contributed by atoms with Crippen LogP contribution in [0.3, 0.4) is 0 Å². The van der Waals surface area contributed by atoms with Crippen molar-refractivity contribution in [3.8, 4) is 11.5 Å². The first-order valence-corrected chi connectivity index (χ1v) is 19.1. The fourth-order valence-corrected chi connectivity index (χ4v) is 8.47. The first kappa shape index (κ1) is 37.5. The maximum Gasteiger partial charge on any atom is 0.407 e. The second-order valence-electron chi connectivity index (χ2n) is 14.2. The van der Waals surface area contributed by atoms with Crippen LogP contribution in [-0.2, 0) is 30.7 Å². The van der Waals surface area contributed by atoms with Crippen LogP contribution in [0.2, 0.25) is 0 Å². The maximum atomic E-state index is 14.4. The molecule has 0 aromatic heterocycles. The molecule has 3 aromatic carbocycles. The quantitative estimate of drug-likeness (QED) is 0.183. The number of rotatable bonds is 16. The third-order valence-corrected chi connectivity index (χ3v) is 11.4. The van der Waals surface area contributed by atoms with E-state index >= 15 is 0 Å². The molecule has 14 heteroatoms. The van der Waals surface area contributed by atoms with Gasteiger partial charge in [-0.1, -0.05) is 62.4 Å². The van der Waals surface area contributed by atoms with E-state index in [1.165, 1.54) is 16.4 Å². The zero-order chi connectivity index (χ0) is 36.7. The minimum atomic E-state index is -4.20. The molecule has 3 aromatic rings. The third-order valence-electron chi connectivity index (χ3n) is 9.64. The van der Waals surface area contributed by atoms with Crippen molar-refractivity contribution >= 4 is 22.0 Å². The summed E-state index contributed by atoms with van der Waals surface area (Å²) in [5.74, 6) is 0.504. The fraction of sp³-hybridized carbons (Fsp3) is 0.474.